The number of carbonyl (C=O) groups is 1. The molecule has 0 spiro atoms. The van der Waals surface area contributed by atoms with E-state index in [2.05, 4.69) is 15.3 Å². The van der Waals surface area contributed by atoms with Gasteiger partial charge in [0.2, 0.25) is 5.82 Å². The molecule has 3 aromatic rings. The lowest BCUT2D eigenvalue weighted by atomic mass is 10.1. The number of halogens is 3. The van der Waals surface area contributed by atoms with Crippen LogP contribution < -0.4 is 10.2 Å². The van der Waals surface area contributed by atoms with Crippen molar-refractivity contribution >= 4 is 22.6 Å². The van der Waals surface area contributed by atoms with E-state index in [9.17, 15) is 18.0 Å². The Balaban J connectivity index is 1.95. The molecule has 0 radical (unpaired) electrons. The molecule has 1 aromatic heterocycles. The number of rotatable bonds is 4. The van der Waals surface area contributed by atoms with Crippen molar-refractivity contribution in [2.24, 2.45) is 0 Å². The van der Waals surface area contributed by atoms with Gasteiger partial charge in [0.05, 0.1) is 5.52 Å². The Labute approximate surface area is 153 Å². The number of hydrogen-bond acceptors (Lipinski definition) is 4. The van der Waals surface area contributed by atoms with E-state index in [1.54, 1.807) is 61.5 Å². The summed E-state index contributed by atoms with van der Waals surface area (Å²) in [6, 6.07) is 13.4. The zero-order valence-electron chi connectivity index (χ0n) is 14.7. The zero-order valence-corrected chi connectivity index (χ0v) is 14.7. The van der Waals surface area contributed by atoms with Crippen LogP contribution in [0.15, 0.2) is 48.5 Å². The van der Waals surface area contributed by atoms with Gasteiger partial charge in [0.25, 0.3) is 5.91 Å². The molecule has 8 heteroatoms. The van der Waals surface area contributed by atoms with Crippen molar-refractivity contribution < 1.29 is 18.0 Å². The minimum absolute atomic E-state index is 0.198. The van der Waals surface area contributed by atoms with Crippen LogP contribution in [-0.2, 0) is 12.7 Å². The maximum atomic E-state index is 13.2. The van der Waals surface area contributed by atoms with Crippen molar-refractivity contribution in [3.63, 3.8) is 0 Å². The normalized spacial score (nSPS) is 11.4. The molecule has 0 atom stereocenters. The summed E-state index contributed by atoms with van der Waals surface area (Å²) in [5.74, 6) is -1.17. The molecule has 0 bridgehead atoms. The molecule has 0 aliphatic rings. The first-order valence-corrected chi connectivity index (χ1v) is 8.15. The highest BCUT2D eigenvalue weighted by atomic mass is 19.4. The maximum absolute atomic E-state index is 13.2. The second-order valence-corrected chi connectivity index (χ2v) is 6.02. The van der Waals surface area contributed by atoms with E-state index in [0.29, 0.717) is 17.5 Å². The van der Waals surface area contributed by atoms with Crippen LogP contribution in [0.2, 0.25) is 0 Å². The minimum Gasteiger partial charge on any atom is -0.355 e. The van der Waals surface area contributed by atoms with Crippen LogP contribution in [0, 0.1) is 0 Å². The number of benzene rings is 2. The smallest absolute Gasteiger partial charge is 0.355 e. The maximum Gasteiger partial charge on any atom is 0.451 e. The van der Waals surface area contributed by atoms with Crippen molar-refractivity contribution in [2.75, 3.05) is 19.0 Å². The van der Waals surface area contributed by atoms with Crippen LogP contribution in [0.3, 0.4) is 0 Å². The fraction of sp³-hybridized carbons (Fsp3) is 0.211. The Morgan fingerprint density at radius 1 is 1.07 bits per heavy atom. The monoisotopic (exact) mass is 374 g/mol. The van der Waals surface area contributed by atoms with Gasteiger partial charge in [0.1, 0.15) is 5.82 Å². The van der Waals surface area contributed by atoms with Gasteiger partial charge in [-0.1, -0.05) is 24.3 Å². The fourth-order valence-electron chi connectivity index (χ4n) is 2.73. The zero-order chi connectivity index (χ0) is 19.6. The van der Waals surface area contributed by atoms with Gasteiger partial charge in [0, 0.05) is 31.6 Å². The van der Waals surface area contributed by atoms with E-state index in [0.717, 1.165) is 5.56 Å². The molecule has 1 N–H and O–H groups in total. The largest absolute Gasteiger partial charge is 0.451 e. The van der Waals surface area contributed by atoms with Crippen LogP contribution in [0.1, 0.15) is 21.7 Å². The number of aromatic nitrogens is 2. The van der Waals surface area contributed by atoms with E-state index < -0.39 is 12.0 Å². The van der Waals surface area contributed by atoms with Crippen molar-refractivity contribution in [2.45, 2.75) is 12.7 Å². The third kappa shape index (κ3) is 3.99. The molecule has 0 fully saturated rings. The average Bonchev–Trinajstić information content (AvgIpc) is 2.66. The van der Waals surface area contributed by atoms with E-state index in [1.165, 1.54) is 6.07 Å². The molecule has 140 valence electrons. The lowest BCUT2D eigenvalue weighted by Crippen LogP contribution is -2.21. The number of nitrogens with zero attached hydrogens (tertiary/aromatic N) is 3. The molecular formula is C19H17F3N4O. The Hall–Kier alpha value is -3.16. The average molecular weight is 374 g/mol. The predicted octanol–water partition coefficient (Wildman–Crippen LogP) is 3.64. The van der Waals surface area contributed by atoms with Gasteiger partial charge in [-0.05, 0) is 29.8 Å². The highest BCUT2D eigenvalue weighted by Crippen LogP contribution is 2.31. The summed E-state index contributed by atoms with van der Waals surface area (Å²) < 4.78 is 39.5. The number of amides is 1. The summed E-state index contributed by atoms with van der Waals surface area (Å²) in [5, 5.41) is 3.07. The summed E-state index contributed by atoms with van der Waals surface area (Å²) in [4.78, 5) is 20.6. The lowest BCUT2D eigenvalue weighted by molar-refractivity contribution is -0.144. The van der Waals surface area contributed by atoms with E-state index in [1.807, 2.05) is 0 Å². The van der Waals surface area contributed by atoms with Gasteiger partial charge in [-0.2, -0.15) is 13.2 Å². The van der Waals surface area contributed by atoms with Crippen molar-refractivity contribution in [3.8, 4) is 0 Å². The van der Waals surface area contributed by atoms with E-state index >= 15 is 0 Å². The SMILES string of the molecule is CNC(=O)c1ccc(CN(C)c2nc(C(F)(F)F)nc3ccccc23)cc1. The fourth-order valence-corrected chi connectivity index (χ4v) is 2.73. The Morgan fingerprint density at radius 3 is 2.37 bits per heavy atom. The number of alkyl halides is 3. The minimum atomic E-state index is -4.63. The highest BCUT2D eigenvalue weighted by molar-refractivity contribution is 5.94. The van der Waals surface area contributed by atoms with Crippen molar-refractivity contribution in [1.29, 1.82) is 0 Å². The third-order valence-corrected chi connectivity index (χ3v) is 4.06. The topological polar surface area (TPSA) is 58.1 Å². The first-order chi connectivity index (χ1) is 12.8. The molecule has 1 amide bonds. The summed E-state index contributed by atoms with van der Waals surface area (Å²) in [6.07, 6.45) is -4.63. The summed E-state index contributed by atoms with van der Waals surface area (Å²) >= 11 is 0. The van der Waals surface area contributed by atoms with Crippen molar-refractivity contribution in [1.82, 2.24) is 15.3 Å². The number of fused-ring (bicyclic) bond motifs is 1. The quantitative estimate of drug-likeness (QED) is 0.758. The van der Waals surface area contributed by atoms with Gasteiger partial charge >= 0.3 is 6.18 Å². The summed E-state index contributed by atoms with van der Waals surface area (Å²) in [6.45, 7) is 0.326. The Bertz CT molecular complexity index is 971. The lowest BCUT2D eigenvalue weighted by Gasteiger charge is -2.21. The molecule has 0 saturated carbocycles. The van der Waals surface area contributed by atoms with Crippen LogP contribution in [0.5, 0.6) is 0 Å². The molecule has 0 aliphatic heterocycles. The number of nitrogens with one attached hydrogen (secondary N) is 1. The Kier molecular flexibility index (Phi) is 4.98. The van der Waals surface area contributed by atoms with Gasteiger partial charge in [-0.15, -0.1) is 0 Å². The molecule has 0 unspecified atom stereocenters. The first kappa shape index (κ1) is 18.6. The first-order valence-electron chi connectivity index (χ1n) is 8.15. The van der Waals surface area contributed by atoms with Crippen LogP contribution >= 0.6 is 0 Å². The van der Waals surface area contributed by atoms with Crippen LogP contribution in [0.25, 0.3) is 10.9 Å². The van der Waals surface area contributed by atoms with Gasteiger partial charge in [-0.3, -0.25) is 4.79 Å². The van der Waals surface area contributed by atoms with Crippen LogP contribution in [0.4, 0.5) is 19.0 Å². The van der Waals surface area contributed by atoms with Crippen LogP contribution in [-0.4, -0.2) is 30.0 Å². The molecule has 1 heterocycles. The van der Waals surface area contributed by atoms with Gasteiger partial charge in [0.15, 0.2) is 0 Å². The molecule has 2 aromatic carbocycles. The standard InChI is InChI=1S/C19H17F3N4O/c1-23-17(27)13-9-7-12(8-10-13)11-26(2)16-14-5-3-4-6-15(14)24-18(25-16)19(20,21)22/h3-10H,11H2,1-2H3,(H,23,27). The van der Waals surface area contributed by atoms with Crippen molar-refractivity contribution in [3.05, 3.63) is 65.5 Å². The molecule has 0 saturated heterocycles. The highest BCUT2D eigenvalue weighted by Gasteiger charge is 2.35. The number of carbonyl (C=O) groups excluding carboxylic acids is 1. The number of anilines is 1. The second kappa shape index (κ2) is 7.22. The van der Waals surface area contributed by atoms with E-state index in [-0.39, 0.29) is 17.2 Å². The molecular weight excluding hydrogens is 357 g/mol. The second-order valence-electron chi connectivity index (χ2n) is 6.02. The molecule has 3 rings (SSSR count). The Morgan fingerprint density at radius 2 is 1.74 bits per heavy atom. The van der Waals surface area contributed by atoms with Gasteiger partial charge < -0.3 is 10.2 Å². The molecule has 27 heavy (non-hydrogen) atoms. The number of hydrogen-bond donors (Lipinski definition) is 1. The molecule has 0 aliphatic carbocycles. The van der Waals surface area contributed by atoms with Gasteiger partial charge in [-0.25, -0.2) is 9.97 Å². The molecule has 5 nitrogen and oxygen atoms in total. The van der Waals surface area contributed by atoms with E-state index in [4.69, 9.17) is 0 Å². The summed E-state index contributed by atoms with van der Waals surface area (Å²) in [7, 11) is 3.21. The number of para-hydroxylation sites is 1. The third-order valence-electron chi connectivity index (χ3n) is 4.06. The summed E-state index contributed by atoms with van der Waals surface area (Å²) in [5.41, 5.74) is 1.58. The predicted molar refractivity (Wildman–Crippen MR) is 96.5 cm³/mol.